The van der Waals surface area contributed by atoms with Crippen LogP contribution < -0.4 is 0 Å². The second kappa shape index (κ2) is 8.10. The summed E-state index contributed by atoms with van der Waals surface area (Å²) in [7, 11) is 2.05. The van der Waals surface area contributed by atoms with E-state index in [2.05, 4.69) is 17.5 Å². The average Bonchev–Trinajstić information content (AvgIpc) is 3.14. The fourth-order valence-electron chi connectivity index (χ4n) is 2.61. The maximum Gasteiger partial charge on any atom is 0.199 e. The van der Waals surface area contributed by atoms with Crippen molar-refractivity contribution in [2.45, 2.75) is 19.8 Å². The maximum atomic E-state index is 6.01. The highest BCUT2D eigenvalue weighted by Crippen LogP contribution is 2.23. The molecule has 0 N–H and O–H groups in total. The third-order valence-electron chi connectivity index (χ3n) is 3.70. The van der Waals surface area contributed by atoms with Crippen molar-refractivity contribution in [3.8, 4) is 11.4 Å². The predicted molar refractivity (Wildman–Crippen MR) is 107 cm³/mol. The SMILES string of the molecule is C=CCn1c(-c2ccccc2)nn(CN(C)Cc2ccc(Cl)s2)c1=S. The number of benzene rings is 1. The van der Waals surface area contributed by atoms with Gasteiger partial charge in [-0.05, 0) is 31.4 Å². The van der Waals surface area contributed by atoms with Crippen molar-refractivity contribution >= 4 is 35.2 Å². The Hall–Kier alpha value is -1.73. The van der Waals surface area contributed by atoms with Gasteiger partial charge in [0.1, 0.15) is 0 Å². The van der Waals surface area contributed by atoms with Gasteiger partial charge >= 0.3 is 0 Å². The first-order valence-corrected chi connectivity index (χ1v) is 9.45. The Morgan fingerprint density at radius 1 is 1.28 bits per heavy atom. The van der Waals surface area contributed by atoms with Gasteiger partial charge in [-0.2, -0.15) is 5.10 Å². The van der Waals surface area contributed by atoms with E-state index < -0.39 is 0 Å². The minimum absolute atomic E-state index is 0.609. The number of rotatable bonds is 7. The zero-order valence-electron chi connectivity index (χ0n) is 13.9. The molecule has 130 valence electrons. The molecule has 0 aliphatic carbocycles. The third kappa shape index (κ3) is 4.27. The molecule has 0 unspecified atom stereocenters. The molecule has 0 spiro atoms. The summed E-state index contributed by atoms with van der Waals surface area (Å²) in [5, 5.41) is 4.75. The highest BCUT2D eigenvalue weighted by atomic mass is 35.5. The number of thiophene rings is 1. The molecule has 0 bridgehead atoms. The summed E-state index contributed by atoms with van der Waals surface area (Å²) in [5.41, 5.74) is 1.04. The molecule has 7 heteroatoms. The number of hydrogen-bond acceptors (Lipinski definition) is 4. The van der Waals surface area contributed by atoms with Gasteiger partial charge in [-0.1, -0.05) is 48.0 Å². The number of hydrogen-bond donors (Lipinski definition) is 0. The van der Waals surface area contributed by atoms with E-state index >= 15 is 0 Å². The molecule has 0 saturated heterocycles. The van der Waals surface area contributed by atoms with Crippen LogP contribution in [0.2, 0.25) is 4.34 Å². The van der Waals surface area contributed by atoms with Crippen LogP contribution in [-0.2, 0) is 19.8 Å². The summed E-state index contributed by atoms with van der Waals surface area (Å²) in [4.78, 5) is 3.38. The molecule has 2 aromatic heterocycles. The summed E-state index contributed by atoms with van der Waals surface area (Å²) in [5.74, 6) is 0.859. The van der Waals surface area contributed by atoms with Gasteiger partial charge in [0, 0.05) is 23.5 Å². The molecule has 0 saturated carbocycles. The standard InChI is InChI=1S/C18H19ClN4S2/c1-3-11-22-17(14-7-5-4-6-8-14)20-23(18(22)24)13-21(2)12-15-9-10-16(19)25-15/h3-10H,1,11-13H2,2H3. The van der Waals surface area contributed by atoms with Crippen molar-refractivity contribution < 1.29 is 0 Å². The van der Waals surface area contributed by atoms with E-state index in [0.717, 1.165) is 22.3 Å². The van der Waals surface area contributed by atoms with Crippen LogP contribution in [0.4, 0.5) is 0 Å². The summed E-state index contributed by atoms with van der Waals surface area (Å²) < 4.78 is 5.36. The number of allylic oxidation sites excluding steroid dienone is 1. The molecular weight excluding hydrogens is 372 g/mol. The van der Waals surface area contributed by atoms with Crippen molar-refractivity contribution in [2.24, 2.45) is 0 Å². The Balaban J connectivity index is 1.86. The lowest BCUT2D eigenvalue weighted by molar-refractivity contribution is 0.246. The molecular formula is C18H19ClN4S2. The molecule has 0 aliphatic rings. The molecule has 0 radical (unpaired) electrons. The summed E-state index contributed by atoms with van der Waals surface area (Å²) >= 11 is 13.2. The van der Waals surface area contributed by atoms with Crippen LogP contribution >= 0.6 is 35.2 Å². The second-order valence-electron chi connectivity index (χ2n) is 5.73. The Kier molecular flexibility index (Phi) is 5.86. The Morgan fingerprint density at radius 2 is 2.04 bits per heavy atom. The Labute approximate surface area is 161 Å². The van der Waals surface area contributed by atoms with Crippen LogP contribution in [0.15, 0.2) is 55.1 Å². The smallest absolute Gasteiger partial charge is 0.199 e. The van der Waals surface area contributed by atoms with Crippen molar-refractivity contribution in [1.82, 2.24) is 19.2 Å². The summed E-state index contributed by atoms with van der Waals surface area (Å²) in [6, 6.07) is 14.1. The van der Waals surface area contributed by atoms with Crippen molar-refractivity contribution in [3.05, 3.63) is 69.1 Å². The molecule has 0 aliphatic heterocycles. The molecule has 25 heavy (non-hydrogen) atoms. The number of halogens is 1. The van der Waals surface area contributed by atoms with E-state index in [1.807, 2.05) is 58.8 Å². The summed E-state index contributed by atoms with van der Waals surface area (Å²) in [6.45, 7) is 5.88. The number of aromatic nitrogens is 3. The molecule has 0 amide bonds. The van der Waals surface area contributed by atoms with Gasteiger partial charge in [-0.15, -0.1) is 17.9 Å². The highest BCUT2D eigenvalue weighted by molar-refractivity contribution is 7.71. The quantitative estimate of drug-likeness (QED) is 0.416. The maximum absolute atomic E-state index is 6.01. The Bertz CT molecular complexity index is 911. The van der Waals surface area contributed by atoms with Gasteiger partial charge in [0.05, 0.1) is 11.0 Å². The first-order valence-electron chi connectivity index (χ1n) is 7.85. The molecule has 0 fully saturated rings. The van der Waals surface area contributed by atoms with E-state index in [1.165, 1.54) is 4.88 Å². The van der Waals surface area contributed by atoms with E-state index in [0.29, 0.717) is 18.0 Å². The van der Waals surface area contributed by atoms with Crippen molar-refractivity contribution in [1.29, 1.82) is 0 Å². The lowest BCUT2D eigenvalue weighted by atomic mass is 10.2. The lowest BCUT2D eigenvalue weighted by Crippen LogP contribution is -2.22. The Morgan fingerprint density at radius 3 is 2.68 bits per heavy atom. The third-order valence-corrected chi connectivity index (χ3v) is 5.34. The minimum atomic E-state index is 0.609. The van der Waals surface area contributed by atoms with Crippen LogP contribution in [0.5, 0.6) is 0 Å². The second-order valence-corrected chi connectivity index (χ2v) is 7.90. The zero-order chi connectivity index (χ0) is 17.8. The van der Waals surface area contributed by atoms with Gasteiger partial charge in [0.15, 0.2) is 10.6 Å². The molecule has 1 aromatic carbocycles. The fraction of sp³-hybridized carbons (Fsp3) is 0.222. The largest absolute Gasteiger partial charge is 0.296 e. The van der Waals surface area contributed by atoms with Gasteiger partial charge in [-0.3, -0.25) is 9.47 Å². The van der Waals surface area contributed by atoms with E-state index in [1.54, 1.807) is 11.3 Å². The molecule has 4 nitrogen and oxygen atoms in total. The molecule has 3 rings (SSSR count). The first kappa shape index (κ1) is 18.1. The lowest BCUT2D eigenvalue weighted by Gasteiger charge is -2.15. The minimum Gasteiger partial charge on any atom is -0.296 e. The monoisotopic (exact) mass is 390 g/mol. The van der Waals surface area contributed by atoms with Crippen molar-refractivity contribution in [2.75, 3.05) is 7.05 Å². The van der Waals surface area contributed by atoms with Gasteiger partial charge in [0.25, 0.3) is 0 Å². The van der Waals surface area contributed by atoms with Crippen LogP contribution in [-0.4, -0.2) is 26.3 Å². The van der Waals surface area contributed by atoms with Crippen LogP contribution in [0.3, 0.4) is 0 Å². The van der Waals surface area contributed by atoms with Crippen LogP contribution in [0, 0.1) is 4.77 Å². The topological polar surface area (TPSA) is 26.0 Å². The molecule has 3 aromatic rings. The molecule has 0 atom stereocenters. The van der Waals surface area contributed by atoms with Gasteiger partial charge in [0.2, 0.25) is 0 Å². The number of nitrogens with zero attached hydrogens (tertiary/aromatic N) is 4. The average molecular weight is 391 g/mol. The van der Waals surface area contributed by atoms with Crippen LogP contribution in [0.1, 0.15) is 4.88 Å². The van der Waals surface area contributed by atoms with E-state index in [9.17, 15) is 0 Å². The fourth-order valence-corrected chi connectivity index (χ4v) is 4.04. The molecule has 2 heterocycles. The van der Waals surface area contributed by atoms with Gasteiger partial charge in [-0.25, -0.2) is 4.68 Å². The van der Waals surface area contributed by atoms with E-state index in [4.69, 9.17) is 28.9 Å². The van der Waals surface area contributed by atoms with Crippen LogP contribution in [0.25, 0.3) is 11.4 Å². The first-order chi connectivity index (χ1) is 12.1. The van der Waals surface area contributed by atoms with Crippen molar-refractivity contribution in [3.63, 3.8) is 0 Å². The predicted octanol–water partition coefficient (Wildman–Crippen LogP) is 5.07. The van der Waals surface area contributed by atoms with E-state index in [-0.39, 0.29) is 0 Å². The zero-order valence-corrected chi connectivity index (χ0v) is 16.3. The normalized spacial score (nSPS) is 11.2. The summed E-state index contributed by atoms with van der Waals surface area (Å²) in [6.07, 6.45) is 1.84. The van der Waals surface area contributed by atoms with Gasteiger partial charge < -0.3 is 0 Å². The highest BCUT2D eigenvalue weighted by Gasteiger charge is 2.13.